The highest BCUT2D eigenvalue weighted by atomic mass is 32.2. The summed E-state index contributed by atoms with van der Waals surface area (Å²) in [5, 5.41) is 0. The molecule has 1 aromatic rings. The largest absolute Gasteiger partial charge is 0.398 e. The number of benzene rings is 1. The lowest BCUT2D eigenvalue weighted by Crippen LogP contribution is -2.50. The summed E-state index contributed by atoms with van der Waals surface area (Å²) in [6.45, 7) is 3.94. The second kappa shape index (κ2) is 4.55. The van der Waals surface area contributed by atoms with E-state index in [9.17, 15) is 8.42 Å². The first kappa shape index (κ1) is 13.4. The van der Waals surface area contributed by atoms with Crippen molar-refractivity contribution in [3.05, 3.63) is 23.8 Å². The zero-order valence-electron chi connectivity index (χ0n) is 10.9. The van der Waals surface area contributed by atoms with E-state index < -0.39 is 10.0 Å². The van der Waals surface area contributed by atoms with Gasteiger partial charge in [-0.1, -0.05) is 13.0 Å². The molecule has 2 rings (SSSR count). The number of aryl methyl sites for hydroxylation is 1. The molecule has 1 fully saturated rings. The zero-order chi connectivity index (χ0) is 13.4. The normalized spacial score (nSPS) is 18.3. The Morgan fingerprint density at radius 1 is 1.39 bits per heavy atom. The molecule has 0 heterocycles. The average molecular weight is 268 g/mol. The topological polar surface area (TPSA) is 72.2 Å². The van der Waals surface area contributed by atoms with Gasteiger partial charge in [-0.05, 0) is 50.3 Å². The minimum absolute atomic E-state index is 0.255. The number of rotatable bonds is 4. The van der Waals surface area contributed by atoms with Gasteiger partial charge in [0, 0.05) is 11.2 Å². The van der Waals surface area contributed by atoms with Gasteiger partial charge in [-0.2, -0.15) is 0 Å². The molecule has 4 nitrogen and oxygen atoms in total. The summed E-state index contributed by atoms with van der Waals surface area (Å²) in [6, 6.07) is 4.95. The van der Waals surface area contributed by atoms with Gasteiger partial charge >= 0.3 is 0 Å². The molecule has 0 aliphatic heterocycles. The maximum atomic E-state index is 12.2. The third-order valence-corrected chi connectivity index (χ3v) is 5.28. The number of nitrogens with one attached hydrogen (secondary N) is 1. The van der Waals surface area contributed by atoms with Crippen LogP contribution >= 0.6 is 0 Å². The predicted molar refractivity (Wildman–Crippen MR) is 72.8 cm³/mol. The van der Waals surface area contributed by atoms with Crippen molar-refractivity contribution in [1.29, 1.82) is 0 Å². The zero-order valence-corrected chi connectivity index (χ0v) is 11.7. The molecule has 100 valence electrons. The van der Waals surface area contributed by atoms with E-state index in [4.69, 9.17) is 5.73 Å². The summed E-state index contributed by atoms with van der Waals surface area (Å²) in [4.78, 5) is 0.255. The van der Waals surface area contributed by atoms with Gasteiger partial charge in [0.25, 0.3) is 0 Å². The number of sulfonamides is 1. The molecule has 1 saturated carbocycles. The van der Waals surface area contributed by atoms with Crippen LogP contribution in [-0.2, 0) is 16.4 Å². The Morgan fingerprint density at radius 3 is 2.50 bits per heavy atom. The van der Waals surface area contributed by atoms with Crippen molar-refractivity contribution in [3.8, 4) is 0 Å². The summed E-state index contributed by atoms with van der Waals surface area (Å²) < 4.78 is 27.2. The molecule has 1 aliphatic carbocycles. The number of hydrogen-bond acceptors (Lipinski definition) is 3. The van der Waals surface area contributed by atoms with Gasteiger partial charge in [0.15, 0.2) is 0 Å². The van der Waals surface area contributed by atoms with Gasteiger partial charge in [0.1, 0.15) is 0 Å². The summed E-state index contributed by atoms with van der Waals surface area (Å²) in [7, 11) is -3.46. The Morgan fingerprint density at radius 2 is 2.06 bits per heavy atom. The minimum Gasteiger partial charge on any atom is -0.398 e. The average Bonchev–Trinajstić information content (AvgIpc) is 2.26. The van der Waals surface area contributed by atoms with Crippen molar-refractivity contribution in [3.63, 3.8) is 0 Å². The van der Waals surface area contributed by atoms with E-state index >= 15 is 0 Å². The minimum atomic E-state index is -3.46. The van der Waals surface area contributed by atoms with Crippen LogP contribution in [0.25, 0.3) is 0 Å². The Hall–Kier alpha value is -1.07. The van der Waals surface area contributed by atoms with Crippen molar-refractivity contribution in [2.75, 3.05) is 5.73 Å². The highest BCUT2D eigenvalue weighted by Gasteiger charge is 2.36. The lowest BCUT2D eigenvalue weighted by molar-refractivity contribution is 0.248. The summed E-state index contributed by atoms with van der Waals surface area (Å²) >= 11 is 0. The number of nitrogen functional groups attached to an aromatic ring is 1. The first-order valence-corrected chi connectivity index (χ1v) is 7.77. The molecule has 0 radical (unpaired) electrons. The van der Waals surface area contributed by atoms with Gasteiger partial charge in [0.2, 0.25) is 10.0 Å². The molecule has 1 aromatic carbocycles. The monoisotopic (exact) mass is 268 g/mol. The van der Waals surface area contributed by atoms with Crippen LogP contribution in [0.3, 0.4) is 0 Å². The molecule has 0 unspecified atom stereocenters. The maximum Gasteiger partial charge on any atom is 0.241 e. The molecule has 1 aliphatic rings. The van der Waals surface area contributed by atoms with Gasteiger partial charge in [0.05, 0.1) is 4.90 Å². The van der Waals surface area contributed by atoms with E-state index in [0.717, 1.165) is 31.2 Å². The van der Waals surface area contributed by atoms with E-state index in [1.54, 1.807) is 18.2 Å². The Labute approximate surface area is 109 Å². The Bertz CT molecular complexity index is 548. The van der Waals surface area contributed by atoms with Gasteiger partial charge in [-0.15, -0.1) is 0 Å². The van der Waals surface area contributed by atoms with Crippen LogP contribution in [0.4, 0.5) is 5.69 Å². The van der Waals surface area contributed by atoms with E-state index in [-0.39, 0.29) is 10.4 Å². The van der Waals surface area contributed by atoms with Gasteiger partial charge in [-0.3, -0.25) is 0 Å². The van der Waals surface area contributed by atoms with Crippen LogP contribution < -0.4 is 10.5 Å². The van der Waals surface area contributed by atoms with Crippen LogP contribution in [0.5, 0.6) is 0 Å². The fourth-order valence-electron chi connectivity index (χ4n) is 2.25. The molecular formula is C13H20N2O2S. The van der Waals surface area contributed by atoms with Crippen molar-refractivity contribution in [2.45, 2.75) is 50.0 Å². The maximum absolute atomic E-state index is 12.2. The molecule has 5 heteroatoms. The van der Waals surface area contributed by atoms with Crippen molar-refractivity contribution in [1.82, 2.24) is 4.72 Å². The first-order chi connectivity index (χ1) is 8.36. The SMILES string of the molecule is CCc1ccc(S(=O)(=O)NC2(C)CCC2)cc1N. The van der Waals surface area contributed by atoms with Crippen molar-refractivity contribution < 1.29 is 8.42 Å². The van der Waals surface area contributed by atoms with Crippen molar-refractivity contribution in [2.24, 2.45) is 0 Å². The third-order valence-electron chi connectivity index (χ3n) is 3.65. The van der Waals surface area contributed by atoms with E-state index in [2.05, 4.69) is 4.72 Å². The third kappa shape index (κ3) is 2.52. The lowest BCUT2D eigenvalue weighted by atomic mass is 9.80. The van der Waals surface area contributed by atoms with Crippen LogP contribution in [0.2, 0.25) is 0 Å². The molecule has 0 spiro atoms. The summed E-state index contributed by atoms with van der Waals surface area (Å²) in [5.74, 6) is 0. The Balaban J connectivity index is 2.27. The van der Waals surface area contributed by atoms with Crippen LogP contribution in [0.15, 0.2) is 23.1 Å². The van der Waals surface area contributed by atoms with Crippen LogP contribution in [0, 0.1) is 0 Å². The fourth-order valence-corrected chi connectivity index (χ4v) is 3.75. The first-order valence-electron chi connectivity index (χ1n) is 6.29. The molecule has 18 heavy (non-hydrogen) atoms. The van der Waals surface area contributed by atoms with Crippen LogP contribution in [0.1, 0.15) is 38.7 Å². The lowest BCUT2D eigenvalue weighted by Gasteiger charge is -2.38. The molecule has 0 aromatic heterocycles. The summed E-state index contributed by atoms with van der Waals surface area (Å²) in [5.41, 5.74) is 7.08. The van der Waals surface area contributed by atoms with E-state index in [1.807, 2.05) is 13.8 Å². The van der Waals surface area contributed by atoms with Gasteiger partial charge in [-0.25, -0.2) is 13.1 Å². The highest BCUT2D eigenvalue weighted by molar-refractivity contribution is 7.89. The molecule has 0 bridgehead atoms. The predicted octanol–water partition coefficient (Wildman–Crippen LogP) is 2.05. The number of hydrogen-bond donors (Lipinski definition) is 2. The van der Waals surface area contributed by atoms with Gasteiger partial charge < -0.3 is 5.73 Å². The molecular weight excluding hydrogens is 248 g/mol. The highest BCUT2D eigenvalue weighted by Crippen LogP contribution is 2.32. The smallest absolute Gasteiger partial charge is 0.241 e. The van der Waals surface area contributed by atoms with E-state index in [0.29, 0.717) is 5.69 Å². The summed E-state index contributed by atoms with van der Waals surface area (Å²) in [6.07, 6.45) is 3.68. The van der Waals surface area contributed by atoms with E-state index in [1.165, 1.54) is 0 Å². The number of anilines is 1. The van der Waals surface area contributed by atoms with Crippen LogP contribution in [-0.4, -0.2) is 14.0 Å². The molecule has 3 N–H and O–H groups in total. The number of nitrogens with two attached hydrogens (primary N) is 1. The second-order valence-electron chi connectivity index (χ2n) is 5.23. The Kier molecular flexibility index (Phi) is 3.38. The standard InChI is InChI=1S/C13H20N2O2S/c1-3-10-5-6-11(9-12(10)14)18(16,17)15-13(2)7-4-8-13/h5-6,9,15H,3-4,7-8,14H2,1-2H3. The quantitative estimate of drug-likeness (QED) is 0.821. The molecule has 0 amide bonds. The van der Waals surface area contributed by atoms with Crippen molar-refractivity contribution >= 4 is 15.7 Å². The molecule has 0 saturated heterocycles. The fraction of sp³-hybridized carbons (Fsp3) is 0.538. The second-order valence-corrected chi connectivity index (χ2v) is 6.92. The molecule has 0 atom stereocenters.